The highest BCUT2D eigenvalue weighted by Crippen LogP contribution is 2.18. The summed E-state index contributed by atoms with van der Waals surface area (Å²) in [7, 11) is 0. The van der Waals surface area contributed by atoms with Gasteiger partial charge in [0.15, 0.2) is 0 Å². The van der Waals surface area contributed by atoms with Gasteiger partial charge in [-0.25, -0.2) is 9.18 Å². The minimum absolute atomic E-state index is 0.0574. The molecule has 142 valence electrons. The van der Waals surface area contributed by atoms with Gasteiger partial charge in [0.1, 0.15) is 18.2 Å². The zero-order valence-electron chi connectivity index (χ0n) is 14.4. The van der Waals surface area contributed by atoms with E-state index in [9.17, 15) is 24.1 Å². The van der Waals surface area contributed by atoms with E-state index in [4.69, 9.17) is 9.47 Å². The van der Waals surface area contributed by atoms with Gasteiger partial charge in [-0.1, -0.05) is 6.07 Å². The number of nitro benzene ring substituents is 1. The SMILES string of the molecule is CCOC(=O)c1cc(C(=O)NCCOc2cccc(F)c2)cc([N+](=O)[O-])c1. The van der Waals surface area contributed by atoms with Gasteiger partial charge in [-0.3, -0.25) is 14.9 Å². The predicted octanol–water partition coefficient (Wildman–Crippen LogP) is 2.72. The lowest BCUT2D eigenvalue weighted by Crippen LogP contribution is -2.28. The second kappa shape index (κ2) is 9.27. The maximum atomic E-state index is 13.0. The molecule has 0 atom stereocenters. The molecule has 0 aliphatic carbocycles. The molecule has 0 aromatic heterocycles. The summed E-state index contributed by atoms with van der Waals surface area (Å²) in [6.07, 6.45) is 0. The van der Waals surface area contributed by atoms with Crippen molar-refractivity contribution in [3.8, 4) is 5.75 Å². The van der Waals surface area contributed by atoms with E-state index in [-0.39, 0.29) is 30.9 Å². The average molecular weight is 376 g/mol. The van der Waals surface area contributed by atoms with E-state index in [2.05, 4.69) is 5.32 Å². The first-order chi connectivity index (χ1) is 12.9. The van der Waals surface area contributed by atoms with Crippen LogP contribution >= 0.6 is 0 Å². The maximum absolute atomic E-state index is 13.0. The number of non-ortho nitro benzene ring substituents is 1. The van der Waals surface area contributed by atoms with Gasteiger partial charge in [0, 0.05) is 23.8 Å². The van der Waals surface area contributed by atoms with Gasteiger partial charge < -0.3 is 14.8 Å². The first kappa shape index (κ1) is 19.8. The van der Waals surface area contributed by atoms with Crippen LogP contribution in [0.5, 0.6) is 5.75 Å². The van der Waals surface area contributed by atoms with Crippen LogP contribution in [-0.2, 0) is 4.74 Å². The number of rotatable bonds is 8. The third-order valence-electron chi connectivity index (χ3n) is 3.35. The summed E-state index contributed by atoms with van der Waals surface area (Å²) in [5.41, 5.74) is -0.549. The Morgan fingerprint density at radius 3 is 2.59 bits per heavy atom. The molecule has 2 rings (SSSR count). The number of nitro groups is 1. The van der Waals surface area contributed by atoms with Crippen LogP contribution < -0.4 is 10.1 Å². The topological polar surface area (TPSA) is 108 Å². The van der Waals surface area contributed by atoms with Gasteiger partial charge in [0.2, 0.25) is 0 Å². The van der Waals surface area contributed by atoms with E-state index in [0.717, 1.165) is 12.1 Å². The van der Waals surface area contributed by atoms with Crippen LogP contribution in [0.3, 0.4) is 0 Å². The van der Waals surface area contributed by atoms with E-state index in [1.54, 1.807) is 13.0 Å². The molecule has 0 radical (unpaired) electrons. The molecule has 0 aliphatic heterocycles. The Labute approximate surface area is 154 Å². The van der Waals surface area contributed by atoms with Gasteiger partial charge in [0.25, 0.3) is 11.6 Å². The average Bonchev–Trinajstić information content (AvgIpc) is 2.65. The van der Waals surface area contributed by atoms with Gasteiger partial charge in [-0.15, -0.1) is 0 Å². The lowest BCUT2D eigenvalue weighted by Gasteiger charge is -2.09. The van der Waals surface area contributed by atoms with E-state index >= 15 is 0 Å². The van der Waals surface area contributed by atoms with Crippen LogP contribution in [0.15, 0.2) is 42.5 Å². The van der Waals surface area contributed by atoms with Crippen molar-refractivity contribution in [2.24, 2.45) is 0 Å². The van der Waals surface area contributed by atoms with Crippen LogP contribution in [0.4, 0.5) is 10.1 Å². The van der Waals surface area contributed by atoms with Crippen LogP contribution in [0.2, 0.25) is 0 Å². The molecular formula is C18H17FN2O6. The van der Waals surface area contributed by atoms with Gasteiger partial charge in [-0.05, 0) is 25.1 Å². The summed E-state index contributed by atoms with van der Waals surface area (Å²) >= 11 is 0. The maximum Gasteiger partial charge on any atom is 0.338 e. The lowest BCUT2D eigenvalue weighted by atomic mass is 10.1. The molecule has 8 nitrogen and oxygen atoms in total. The van der Waals surface area contributed by atoms with Crippen LogP contribution in [-0.4, -0.2) is 36.6 Å². The Morgan fingerprint density at radius 1 is 1.19 bits per heavy atom. The number of halogens is 1. The monoisotopic (exact) mass is 376 g/mol. The number of amides is 1. The first-order valence-corrected chi connectivity index (χ1v) is 8.04. The summed E-state index contributed by atoms with van der Waals surface area (Å²) in [6, 6.07) is 8.85. The summed E-state index contributed by atoms with van der Waals surface area (Å²) in [6.45, 7) is 1.84. The quantitative estimate of drug-likeness (QED) is 0.328. The number of esters is 1. The summed E-state index contributed by atoms with van der Waals surface area (Å²) < 4.78 is 23.1. The van der Waals surface area contributed by atoms with Gasteiger partial charge in [0.05, 0.1) is 23.6 Å². The Balaban J connectivity index is 2.01. The minimum atomic E-state index is -0.760. The fraction of sp³-hybridized carbons (Fsp3) is 0.222. The van der Waals surface area contributed by atoms with Crippen molar-refractivity contribution < 1.29 is 28.4 Å². The van der Waals surface area contributed by atoms with Crippen LogP contribution in [0, 0.1) is 15.9 Å². The zero-order valence-corrected chi connectivity index (χ0v) is 14.4. The molecule has 0 saturated heterocycles. The molecule has 0 saturated carbocycles. The molecule has 27 heavy (non-hydrogen) atoms. The normalized spacial score (nSPS) is 10.1. The molecule has 0 aliphatic rings. The highest BCUT2D eigenvalue weighted by atomic mass is 19.1. The van der Waals surface area contributed by atoms with Crippen molar-refractivity contribution in [1.82, 2.24) is 5.32 Å². The fourth-order valence-corrected chi connectivity index (χ4v) is 2.17. The number of nitrogens with zero attached hydrogens (tertiary/aromatic N) is 1. The van der Waals surface area contributed by atoms with Crippen LogP contribution in [0.25, 0.3) is 0 Å². The minimum Gasteiger partial charge on any atom is -0.492 e. The van der Waals surface area contributed by atoms with Crippen molar-refractivity contribution >= 4 is 17.6 Å². The van der Waals surface area contributed by atoms with Gasteiger partial charge >= 0.3 is 5.97 Å². The predicted molar refractivity (Wildman–Crippen MR) is 93.3 cm³/mol. The summed E-state index contributed by atoms with van der Waals surface area (Å²) in [5.74, 6) is -1.51. The van der Waals surface area contributed by atoms with Crippen LogP contribution in [0.1, 0.15) is 27.6 Å². The van der Waals surface area contributed by atoms with Crippen molar-refractivity contribution in [2.75, 3.05) is 19.8 Å². The number of hydrogen-bond donors (Lipinski definition) is 1. The van der Waals surface area contributed by atoms with E-state index in [1.165, 1.54) is 24.3 Å². The van der Waals surface area contributed by atoms with Gasteiger partial charge in [-0.2, -0.15) is 0 Å². The molecule has 0 unspecified atom stereocenters. The Kier molecular flexibility index (Phi) is 6.81. The number of nitrogens with one attached hydrogen (secondary N) is 1. The second-order valence-electron chi connectivity index (χ2n) is 5.31. The lowest BCUT2D eigenvalue weighted by molar-refractivity contribution is -0.384. The molecule has 1 amide bonds. The number of carbonyl (C=O) groups is 2. The number of hydrogen-bond acceptors (Lipinski definition) is 6. The molecule has 1 N–H and O–H groups in total. The first-order valence-electron chi connectivity index (χ1n) is 8.04. The molecule has 0 bridgehead atoms. The van der Waals surface area contributed by atoms with E-state index in [0.29, 0.717) is 5.75 Å². The number of ether oxygens (including phenoxy) is 2. The molecule has 0 spiro atoms. The standard InChI is InChI=1S/C18H17FN2O6/c1-2-26-18(23)13-8-12(9-15(10-13)21(24)25)17(22)20-6-7-27-16-5-3-4-14(19)11-16/h3-5,8-11H,2,6-7H2,1H3,(H,20,22). The fourth-order valence-electron chi connectivity index (χ4n) is 2.17. The molecule has 0 fully saturated rings. The molecule has 2 aromatic rings. The highest BCUT2D eigenvalue weighted by molar-refractivity contribution is 5.99. The summed E-state index contributed by atoms with van der Waals surface area (Å²) in [4.78, 5) is 34.4. The molecule has 9 heteroatoms. The molecular weight excluding hydrogens is 359 g/mol. The van der Waals surface area contributed by atoms with Crippen molar-refractivity contribution in [3.63, 3.8) is 0 Å². The second-order valence-corrected chi connectivity index (χ2v) is 5.31. The third-order valence-corrected chi connectivity index (χ3v) is 3.35. The molecule has 2 aromatic carbocycles. The Bertz CT molecular complexity index is 855. The largest absolute Gasteiger partial charge is 0.492 e. The van der Waals surface area contributed by atoms with E-state index in [1.807, 2.05) is 0 Å². The Morgan fingerprint density at radius 2 is 1.93 bits per heavy atom. The highest BCUT2D eigenvalue weighted by Gasteiger charge is 2.18. The van der Waals surface area contributed by atoms with E-state index < -0.39 is 28.3 Å². The van der Waals surface area contributed by atoms with Crippen molar-refractivity contribution in [2.45, 2.75) is 6.92 Å². The third kappa shape index (κ3) is 5.77. The smallest absolute Gasteiger partial charge is 0.338 e. The number of carbonyl (C=O) groups excluding carboxylic acids is 2. The van der Waals surface area contributed by atoms with Crippen molar-refractivity contribution in [1.29, 1.82) is 0 Å². The zero-order chi connectivity index (χ0) is 19.8. The number of benzene rings is 2. The molecule has 0 heterocycles. The van der Waals surface area contributed by atoms with Crippen molar-refractivity contribution in [3.05, 3.63) is 69.5 Å². The Hall–Kier alpha value is -3.49. The summed E-state index contributed by atoms with van der Waals surface area (Å²) in [5, 5.41) is 13.5.